The number of benzene rings is 1. The number of rotatable bonds is 8. The number of alkyl halides is 1. The lowest BCUT2D eigenvalue weighted by Crippen LogP contribution is -2.16. The van der Waals surface area contributed by atoms with E-state index in [9.17, 15) is 8.42 Å². The van der Waals surface area contributed by atoms with E-state index in [4.69, 9.17) is 39.5 Å². The normalized spacial score (nSPS) is 12.4. The maximum atomic E-state index is 12.7. The molecule has 2 aromatic heterocycles. The number of nitrogens with one attached hydrogen (secondary N) is 1. The number of thioether (sulfide) groups is 1. The minimum absolute atomic E-state index is 0.00854. The summed E-state index contributed by atoms with van der Waals surface area (Å²) in [6.07, 6.45) is 4.80. The molecule has 0 bridgehead atoms. The van der Waals surface area contributed by atoms with E-state index in [-0.39, 0.29) is 32.0 Å². The topological polar surface area (TPSA) is 94.1 Å². The molecule has 0 aliphatic rings. The summed E-state index contributed by atoms with van der Waals surface area (Å²) >= 11 is 19.7. The highest BCUT2D eigenvalue weighted by Gasteiger charge is 2.23. The number of ether oxygens (including phenoxy) is 1. The van der Waals surface area contributed by atoms with Crippen molar-refractivity contribution < 1.29 is 13.2 Å². The second kappa shape index (κ2) is 10.0. The van der Waals surface area contributed by atoms with E-state index in [0.717, 1.165) is 5.56 Å². The van der Waals surface area contributed by atoms with Crippen molar-refractivity contribution in [2.24, 2.45) is 0 Å². The number of hydrogen-bond acceptors (Lipinski definition) is 7. The summed E-state index contributed by atoms with van der Waals surface area (Å²) in [5.41, 5.74) is 0.884. The Kier molecular flexibility index (Phi) is 7.65. The fourth-order valence-electron chi connectivity index (χ4n) is 2.33. The van der Waals surface area contributed by atoms with E-state index >= 15 is 0 Å². The number of pyridine rings is 1. The van der Waals surface area contributed by atoms with Crippen molar-refractivity contribution in [3.8, 4) is 5.88 Å². The smallest absolute Gasteiger partial charge is 0.264 e. The number of halogens is 3. The van der Waals surface area contributed by atoms with Gasteiger partial charge in [0, 0.05) is 18.1 Å². The van der Waals surface area contributed by atoms with E-state index < -0.39 is 10.0 Å². The zero-order chi connectivity index (χ0) is 21.7. The lowest BCUT2D eigenvalue weighted by Gasteiger charge is -2.13. The molecule has 0 fully saturated rings. The highest BCUT2D eigenvalue weighted by molar-refractivity contribution is 7.99. The van der Waals surface area contributed by atoms with Crippen LogP contribution in [0.1, 0.15) is 10.9 Å². The Morgan fingerprint density at radius 3 is 2.70 bits per heavy atom. The van der Waals surface area contributed by atoms with Crippen molar-refractivity contribution in [2.45, 2.75) is 15.3 Å². The lowest BCUT2D eigenvalue weighted by molar-refractivity contribution is 0.394. The zero-order valence-corrected chi connectivity index (χ0v) is 19.3. The molecule has 0 aliphatic heterocycles. The largest absolute Gasteiger partial charge is 0.478 e. The minimum Gasteiger partial charge on any atom is -0.478 e. The van der Waals surface area contributed by atoms with E-state index in [1.165, 1.54) is 43.3 Å². The molecular weight excluding hydrogens is 491 g/mol. The molecule has 12 heteroatoms. The predicted octanol–water partition coefficient (Wildman–Crippen LogP) is 5.06. The molecule has 158 valence electrons. The van der Waals surface area contributed by atoms with E-state index in [1.54, 1.807) is 12.4 Å². The van der Waals surface area contributed by atoms with Crippen LogP contribution in [0.5, 0.6) is 5.88 Å². The Morgan fingerprint density at radius 2 is 2.00 bits per heavy atom. The molecule has 1 unspecified atom stereocenters. The highest BCUT2D eigenvalue weighted by Crippen LogP contribution is 2.33. The van der Waals surface area contributed by atoms with Crippen molar-refractivity contribution in [3.05, 3.63) is 64.5 Å². The summed E-state index contributed by atoms with van der Waals surface area (Å²) in [4.78, 5) is 12.3. The highest BCUT2D eigenvalue weighted by atomic mass is 35.5. The number of methoxy groups -OCH3 is 1. The first-order valence-corrected chi connectivity index (χ1v) is 12.0. The van der Waals surface area contributed by atoms with Crippen molar-refractivity contribution in [3.63, 3.8) is 0 Å². The second-order valence-electron chi connectivity index (χ2n) is 5.79. The molecule has 3 rings (SSSR count). The van der Waals surface area contributed by atoms with Gasteiger partial charge in [0.1, 0.15) is 9.92 Å². The van der Waals surface area contributed by atoms with Gasteiger partial charge in [0.15, 0.2) is 0 Å². The molecular formula is C18H15Cl3N4O3S2. The molecule has 0 spiro atoms. The number of nitrogens with zero attached hydrogens (tertiary/aromatic N) is 3. The monoisotopic (exact) mass is 504 g/mol. The van der Waals surface area contributed by atoms with Gasteiger partial charge in [-0.15, -0.1) is 23.4 Å². The molecule has 30 heavy (non-hydrogen) atoms. The van der Waals surface area contributed by atoms with E-state index in [2.05, 4.69) is 19.7 Å². The molecule has 7 nitrogen and oxygen atoms in total. The fourth-order valence-corrected chi connectivity index (χ4v) is 5.20. The Balaban J connectivity index is 1.76. The van der Waals surface area contributed by atoms with Gasteiger partial charge in [-0.05, 0) is 23.8 Å². The molecule has 1 aromatic carbocycles. The summed E-state index contributed by atoms with van der Waals surface area (Å²) < 4.78 is 32.9. The Morgan fingerprint density at radius 1 is 1.20 bits per heavy atom. The number of anilines is 1. The van der Waals surface area contributed by atoms with Crippen LogP contribution in [0.3, 0.4) is 0 Å². The fraction of sp³-hybridized carbons (Fsp3) is 0.167. The molecule has 0 aliphatic carbocycles. The van der Waals surface area contributed by atoms with Crippen LogP contribution >= 0.6 is 46.6 Å². The molecule has 0 radical (unpaired) electrons. The number of hydrogen-bond donors (Lipinski definition) is 1. The van der Waals surface area contributed by atoms with Crippen molar-refractivity contribution >= 4 is 62.4 Å². The van der Waals surface area contributed by atoms with Gasteiger partial charge in [-0.2, -0.15) is 0 Å². The molecule has 0 amide bonds. The summed E-state index contributed by atoms with van der Waals surface area (Å²) in [6, 6.07) is 8.00. The molecule has 0 saturated carbocycles. The van der Waals surface area contributed by atoms with Gasteiger partial charge >= 0.3 is 0 Å². The Labute approximate surface area is 193 Å². The van der Waals surface area contributed by atoms with Crippen LogP contribution in [-0.2, 0) is 10.0 Å². The lowest BCUT2D eigenvalue weighted by atomic mass is 10.2. The van der Waals surface area contributed by atoms with Gasteiger partial charge in [-0.1, -0.05) is 35.3 Å². The third kappa shape index (κ3) is 5.47. The summed E-state index contributed by atoms with van der Waals surface area (Å²) in [7, 11) is -2.69. The van der Waals surface area contributed by atoms with Crippen LogP contribution in [0.15, 0.2) is 58.8 Å². The van der Waals surface area contributed by atoms with Crippen LogP contribution in [0.25, 0.3) is 0 Å². The van der Waals surface area contributed by atoms with Crippen LogP contribution in [0.4, 0.5) is 5.82 Å². The van der Waals surface area contributed by atoms with Gasteiger partial charge < -0.3 is 4.74 Å². The SMILES string of the molecule is COc1nc(SCC(Cl)c2cccnc2)cnc1NS(=O)(=O)c1cccc(Cl)c1Cl. The average molecular weight is 506 g/mol. The standard InChI is InChI=1S/C18H15Cl3N4O3S2/c1-28-18-17(25-30(26,27)14-6-2-5-12(19)16(14)21)23-9-15(24-18)29-10-13(20)11-4-3-7-22-8-11/h2-9,13H,10H2,1H3,(H,23,25). The first kappa shape index (κ1) is 22.9. The molecule has 2 heterocycles. The first-order chi connectivity index (χ1) is 14.3. The van der Waals surface area contributed by atoms with Crippen LogP contribution < -0.4 is 9.46 Å². The van der Waals surface area contributed by atoms with Crippen molar-refractivity contribution in [1.82, 2.24) is 15.0 Å². The van der Waals surface area contributed by atoms with Gasteiger partial charge in [0.05, 0.1) is 28.7 Å². The molecule has 0 saturated heterocycles. The minimum atomic E-state index is -4.06. The Hall–Kier alpha value is -1.78. The maximum Gasteiger partial charge on any atom is 0.264 e. The van der Waals surface area contributed by atoms with Gasteiger partial charge in [0.2, 0.25) is 5.82 Å². The third-order valence-electron chi connectivity index (χ3n) is 3.77. The number of aromatic nitrogens is 3. The summed E-state index contributed by atoms with van der Waals surface area (Å²) in [5.74, 6) is 0.440. The average Bonchev–Trinajstić information content (AvgIpc) is 2.75. The number of sulfonamides is 1. The van der Waals surface area contributed by atoms with Crippen molar-refractivity contribution in [1.29, 1.82) is 0 Å². The van der Waals surface area contributed by atoms with Crippen LogP contribution in [0.2, 0.25) is 10.0 Å². The second-order valence-corrected chi connectivity index (χ2v) is 9.79. The van der Waals surface area contributed by atoms with Gasteiger partial charge in [0.25, 0.3) is 15.9 Å². The van der Waals surface area contributed by atoms with E-state index in [1.807, 2.05) is 12.1 Å². The molecule has 3 aromatic rings. The molecule has 1 N–H and O–H groups in total. The van der Waals surface area contributed by atoms with Crippen LogP contribution in [-0.4, -0.2) is 36.2 Å². The van der Waals surface area contributed by atoms with Gasteiger partial charge in [-0.3, -0.25) is 9.71 Å². The van der Waals surface area contributed by atoms with Gasteiger partial charge in [-0.25, -0.2) is 18.4 Å². The Bertz CT molecular complexity index is 1130. The first-order valence-electron chi connectivity index (χ1n) is 8.36. The van der Waals surface area contributed by atoms with E-state index in [0.29, 0.717) is 10.8 Å². The predicted molar refractivity (Wildman–Crippen MR) is 119 cm³/mol. The molecule has 1 atom stereocenters. The zero-order valence-electron chi connectivity index (χ0n) is 15.4. The quantitative estimate of drug-likeness (QED) is 0.338. The van der Waals surface area contributed by atoms with Crippen molar-refractivity contribution in [2.75, 3.05) is 17.6 Å². The maximum absolute atomic E-state index is 12.7. The summed E-state index contributed by atoms with van der Waals surface area (Å²) in [6.45, 7) is 0. The van der Waals surface area contributed by atoms with Crippen LogP contribution in [0, 0.1) is 0 Å². The third-order valence-corrected chi connectivity index (χ3v) is 7.67. The summed E-state index contributed by atoms with van der Waals surface area (Å²) in [5, 5.41) is 0.271.